The molecule has 0 saturated carbocycles. The number of benzene rings is 1. The van der Waals surface area contributed by atoms with E-state index in [9.17, 15) is 4.79 Å². The van der Waals surface area contributed by atoms with Crippen LogP contribution in [-0.4, -0.2) is 29.6 Å². The molecule has 0 aromatic heterocycles. The van der Waals surface area contributed by atoms with Gasteiger partial charge < -0.3 is 10.6 Å². The van der Waals surface area contributed by atoms with E-state index in [4.69, 9.17) is 5.73 Å². The monoisotopic (exact) mass is 264 g/mol. The first-order valence-corrected chi connectivity index (χ1v) is 7.48. The number of likely N-dealkylation sites (tertiary alicyclic amines) is 1. The van der Waals surface area contributed by atoms with E-state index < -0.39 is 0 Å². The lowest BCUT2D eigenvalue weighted by Gasteiger charge is -2.26. The first kappa shape index (κ1) is 13.4. The third-order valence-corrected chi connectivity index (χ3v) is 4.35. The third-order valence-electron chi connectivity index (χ3n) is 3.25. The number of hydrogen-bond acceptors (Lipinski definition) is 3. The molecule has 1 saturated heterocycles. The molecule has 2 rings (SSSR count). The van der Waals surface area contributed by atoms with Crippen LogP contribution in [0, 0.1) is 0 Å². The SMILES string of the molecule is NCc1ccccc1SCC(=O)N1CCCCC1. The number of carbonyl (C=O) groups excluding carboxylic acids is 1. The number of nitrogens with two attached hydrogens (primary N) is 1. The number of carbonyl (C=O) groups is 1. The Bertz CT molecular complexity index is 403. The minimum Gasteiger partial charge on any atom is -0.342 e. The van der Waals surface area contributed by atoms with Gasteiger partial charge in [0.05, 0.1) is 5.75 Å². The van der Waals surface area contributed by atoms with Gasteiger partial charge in [-0.25, -0.2) is 0 Å². The molecule has 4 heteroatoms. The van der Waals surface area contributed by atoms with Crippen molar-refractivity contribution in [1.82, 2.24) is 4.90 Å². The van der Waals surface area contributed by atoms with Gasteiger partial charge in [0.25, 0.3) is 0 Å². The van der Waals surface area contributed by atoms with E-state index in [2.05, 4.69) is 0 Å². The van der Waals surface area contributed by atoms with Crippen LogP contribution in [0.25, 0.3) is 0 Å². The fraction of sp³-hybridized carbons (Fsp3) is 0.500. The molecule has 1 aliphatic rings. The molecular weight excluding hydrogens is 244 g/mol. The van der Waals surface area contributed by atoms with Crippen LogP contribution in [0.4, 0.5) is 0 Å². The Morgan fingerprint density at radius 3 is 2.67 bits per heavy atom. The molecule has 2 N–H and O–H groups in total. The van der Waals surface area contributed by atoms with Gasteiger partial charge in [-0.3, -0.25) is 4.79 Å². The van der Waals surface area contributed by atoms with Crippen molar-refractivity contribution in [2.75, 3.05) is 18.8 Å². The Labute approximate surface area is 113 Å². The number of hydrogen-bond donors (Lipinski definition) is 1. The van der Waals surface area contributed by atoms with Gasteiger partial charge >= 0.3 is 0 Å². The quantitative estimate of drug-likeness (QED) is 0.848. The first-order valence-electron chi connectivity index (χ1n) is 6.50. The zero-order valence-electron chi connectivity index (χ0n) is 10.6. The molecule has 1 amide bonds. The molecule has 0 bridgehead atoms. The Morgan fingerprint density at radius 2 is 1.94 bits per heavy atom. The normalized spacial score (nSPS) is 15.7. The summed E-state index contributed by atoms with van der Waals surface area (Å²) in [6.07, 6.45) is 3.55. The van der Waals surface area contributed by atoms with Crippen LogP contribution in [0.1, 0.15) is 24.8 Å². The zero-order chi connectivity index (χ0) is 12.8. The van der Waals surface area contributed by atoms with Gasteiger partial charge in [0.15, 0.2) is 0 Å². The predicted molar refractivity (Wildman–Crippen MR) is 75.5 cm³/mol. The van der Waals surface area contributed by atoms with Gasteiger partial charge in [-0.1, -0.05) is 18.2 Å². The van der Waals surface area contributed by atoms with Gasteiger partial charge in [-0.15, -0.1) is 11.8 Å². The highest BCUT2D eigenvalue weighted by Gasteiger charge is 2.16. The topological polar surface area (TPSA) is 46.3 Å². The maximum absolute atomic E-state index is 12.0. The van der Waals surface area contributed by atoms with E-state index in [1.807, 2.05) is 29.2 Å². The summed E-state index contributed by atoms with van der Waals surface area (Å²) >= 11 is 1.60. The minimum absolute atomic E-state index is 0.256. The molecule has 1 aromatic rings. The second-order valence-corrected chi connectivity index (χ2v) is 5.56. The van der Waals surface area contributed by atoms with E-state index in [0.29, 0.717) is 12.3 Å². The molecular formula is C14H20N2OS. The number of nitrogens with zero attached hydrogens (tertiary/aromatic N) is 1. The van der Waals surface area contributed by atoms with E-state index >= 15 is 0 Å². The second-order valence-electron chi connectivity index (χ2n) is 4.54. The van der Waals surface area contributed by atoms with E-state index in [1.54, 1.807) is 11.8 Å². The molecule has 0 radical (unpaired) electrons. The van der Waals surface area contributed by atoms with E-state index in [-0.39, 0.29) is 5.91 Å². The van der Waals surface area contributed by atoms with Crippen molar-refractivity contribution in [3.05, 3.63) is 29.8 Å². The lowest BCUT2D eigenvalue weighted by Crippen LogP contribution is -2.36. The van der Waals surface area contributed by atoms with Gasteiger partial charge in [0.1, 0.15) is 0 Å². The van der Waals surface area contributed by atoms with Crippen LogP contribution < -0.4 is 5.73 Å². The molecule has 1 aliphatic heterocycles. The van der Waals surface area contributed by atoms with Crippen molar-refractivity contribution in [1.29, 1.82) is 0 Å². The van der Waals surface area contributed by atoms with Crippen molar-refractivity contribution >= 4 is 17.7 Å². The fourth-order valence-corrected chi connectivity index (χ4v) is 3.16. The highest BCUT2D eigenvalue weighted by atomic mass is 32.2. The van der Waals surface area contributed by atoms with Crippen molar-refractivity contribution in [2.45, 2.75) is 30.7 Å². The summed E-state index contributed by atoms with van der Waals surface area (Å²) < 4.78 is 0. The highest BCUT2D eigenvalue weighted by molar-refractivity contribution is 8.00. The van der Waals surface area contributed by atoms with Crippen LogP contribution >= 0.6 is 11.8 Å². The average molecular weight is 264 g/mol. The molecule has 0 atom stereocenters. The molecule has 1 heterocycles. The second kappa shape index (κ2) is 6.81. The summed E-state index contributed by atoms with van der Waals surface area (Å²) in [7, 11) is 0. The van der Waals surface area contributed by atoms with Crippen molar-refractivity contribution < 1.29 is 4.79 Å². The van der Waals surface area contributed by atoms with Crippen LogP contribution in [0.15, 0.2) is 29.2 Å². The van der Waals surface area contributed by atoms with Gasteiger partial charge in [-0.2, -0.15) is 0 Å². The number of piperidine rings is 1. The summed E-state index contributed by atoms with van der Waals surface area (Å²) in [5.41, 5.74) is 6.81. The van der Waals surface area contributed by atoms with E-state index in [0.717, 1.165) is 36.4 Å². The van der Waals surface area contributed by atoms with Crippen molar-refractivity contribution in [2.24, 2.45) is 5.73 Å². The highest BCUT2D eigenvalue weighted by Crippen LogP contribution is 2.23. The molecule has 0 aliphatic carbocycles. The van der Waals surface area contributed by atoms with Crippen molar-refractivity contribution in [3.8, 4) is 0 Å². The number of rotatable bonds is 4. The molecule has 3 nitrogen and oxygen atoms in total. The predicted octanol–water partition coefficient (Wildman–Crippen LogP) is 2.25. The fourth-order valence-electron chi connectivity index (χ4n) is 2.19. The summed E-state index contributed by atoms with van der Waals surface area (Å²) in [6, 6.07) is 8.04. The third kappa shape index (κ3) is 3.50. The largest absolute Gasteiger partial charge is 0.342 e. The summed E-state index contributed by atoms with van der Waals surface area (Å²) in [4.78, 5) is 15.2. The van der Waals surface area contributed by atoms with Crippen LogP contribution in [0.3, 0.4) is 0 Å². The molecule has 0 unspecified atom stereocenters. The molecule has 1 aromatic carbocycles. The summed E-state index contributed by atoms with van der Waals surface area (Å²) in [5, 5.41) is 0. The summed E-state index contributed by atoms with van der Waals surface area (Å²) in [6.45, 7) is 2.39. The maximum atomic E-state index is 12.0. The Balaban J connectivity index is 1.88. The zero-order valence-corrected chi connectivity index (χ0v) is 11.4. The molecule has 18 heavy (non-hydrogen) atoms. The van der Waals surface area contributed by atoms with Crippen LogP contribution in [0.5, 0.6) is 0 Å². The van der Waals surface area contributed by atoms with Gasteiger partial charge in [0.2, 0.25) is 5.91 Å². The van der Waals surface area contributed by atoms with Gasteiger partial charge in [0, 0.05) is 24.5 Å². The molecule has 1 fully saturated rings. The standard InChI is InChI=1S/C14H20N2OS/c15-10-12-6-2-3-7-13(12)18-11-14(17)16-8-4-1-5-9-16/h2-3,6-7H,1,4-5,8-11,15H2. The maximum Gasteiger partial charge on any atom is 0.232 e. The van der Waals surface area contributed by atoms with Crippen LogP contribution in [-0.2, 0) is 11.3 Å². The Morgan fingerprint density at radius 1 is 1.22 bits per heavy atom. The average Bonchev–Trinajstić information content (AvgIpc) is 2.46. The van der Waals surface area contributed by atoms with Gasteiger partial charge in [-0.05, 0) is 30.9 Å². The first-order chi connectivity index (χ1) is 8.81. The number of thioether (sulfide) groups is 1. The summed E-state index contributed by atoms with van der Waals surface area (Å²) in [5.74, 6) is 0.781. The van der Waals surface area contributed by atoms with E-state index in [1.165, 1.54) is 6.42 Å². The smallest absolute Gasteiger partial charge is 0.232 e. The lowest BCUT2D eigenvalue weighted by atomic mass is 10.1. The Kier molecular flexibility index (Phi) is 5.08. The van der Waals surface area contributed by atoms with Crippen LogP contribution in [0.2, 0.25) is 0 Å². The molecule has 0 spiro atoms. The Hall–Kier alpha value is -1.00. The number of amides is 1. The minimum atomic E-state index is 0.256. The lowest BCUT2D eigenvalue weighted by molar-refractivity contribution is -0.129. The molecule has 98 valence electrons. The van der Waals surface area contributed by atoms with Crippen molar-refractivity contribution in [3.63, 3.8) is 0 Å².